The van der Waals surface area contributed by atoms with Gasteiger partial charge in [-0.1, -0.05) is 13.8 Å². The average molecular weight is 238 g/mol. The molecule has 17 heavy (non-hydrogen) atoms. The maximum Gasteiger partial charge on any atom is 0.239 e. The normalized spacial score (nSPS) is 12.8. The number of amides is 1. The van der Waals surface area contributed by atoms with E-state index in [2.05, 4.69) is 24.1 Å². The summed E-state index contributed by atoms with van der Waals surface area (Å²) < 4.78 is 1.83. The van der Waals surface area contributed by atoms with Gasteiger partial charge in [-0.25, -0.2) is 4.98 Å². The number of hydrogen-bond acceptors (Lipinski definition) is 3. The van der Waals surface area contributed by atoms with Gasteiger partial charge in [-0.15, -0.1) is 0 Å². The number of carbonyl (C=O) groups excluding carboxylic acids is 1. The molecule has 0 radical (unpaired) electrons. The van der Waals surface area contributed by atoms with Gasteiger partial charge in [0.2, 0.25) is 5.91 Å². The molecule has 0 aromatic carbocycles. The monoisotopic (exact) mass is 238 g/mol. The second-order valence-corrected chi connectivity index (χ2v) is 4.83. The van der Waals surface area contributed by atoms with Crippen LogP contribution in [0.25, 0.3) is 0 Å². The molecular weight excluding hydrogens is 216 g/mol. The van der Waals surface area contributed by atoms with Gasteiger partial charge in [-0.2, -0.15) is 0 Å². The van der Waals surface area contributed by atoms with Crippen molar-refractivity contribution in [1.29, 1.82) is 0 Å². The van der Waals surface area contributed by atoms with Crippen molar-refractivity contribution in [2.75, 3.05) is 6.54 Å². The van der Waals surface area contributed by atoms with Gasteiger partial charge in [0.1, 0.15) is 12.4 Å². The van der Waals surface area contributed by atoms with Crippen LogP contribution in [0.1, 0.15) is 38.3 Å². The molecule has 0 saturated heterocycles. The molecule has 1 amide bonds. The maximum atomic E-state index is 11.7. The van der Waals surface area contributed by atoms with E-state index in [0.717, 1.165) is 11.5 Å². The summed E-state index contributed by atoms with van der Waals surface area (Å²) in [4.78, 5) is 16.0. The van der Waals surface area contributed by atoms with Crippen molar-refractivity contribution in [3.63, 3.8) is 0 Å². The standard InChI is InChI=1S/C12H22N4O/c1-8(2)5-14-12(17)7-16-6-11(9(3)13)15-10(16)4/h6,8-9H,5,7,13H2,1-4H3,(H,14,17)/t9-/m0/s1. The maximum absolute atomic E-state index is 11.7. The van der Waals surface area contributed by atoms with Crippen molar-refractivity contribution in [3.8, 4) is 0 Å². The van der Waals surface area contributed by atoms with Crippen LogP contribution in [0.4, 0.5) is 0 Å². The lowest BCUT2D eigenvalue weighted by atomic mass is 10.2. The van der Waals surface area contributed by atoms with Crippen LogP contribution in [-0.2, 0) is 11.3 Å². The number of nitrogens with two attached hydrogens (primary N) is 1. The third-order valence-corrected chi connectivity index (χ3v) is 2.48. The minimum absolute atomic E-state index is 0.00965. The van der Waals surface area contributed by atoms with E-state index in [-0.39, 0.29) is 11.9 Å². The Morgan fingerprint density at radius 2 is 2.18 bits per heavy atom. The summed E-state index contributed by atoms with van der Waals surface area (Å²) in [5.74, 6) is 1.29. The summed E-state index contributed by atoms with van der Waals surface area (Å²) in [6, 6.07) is -0.103. The molecule has 1 heterocycles. The van der Waals surface area contributed by atoms with Gasteiger partial charge >= 0.3 is 0 Å². The molecule has 5 heteroatoms. The lowest BCUT2D eigenvalue weighted by Gasteiger charge is -2.08. The molecule has 0 spiro atoms. The number of carbonyl (C=O) groups is 1. The van der Waals surface area contributed by atoms with Crippen molar-refractivity contribution in [2.45, 2.75) is 40.3 Å². The van der Waals surface area contributed by atoms with E-state index >= 15 is 0 Å². The fraction of sp³-hybridized carbons (Fsp3) is 0.667. The van der Waals surface area contributed by atoms with E-state index in [0.29, 0.717) is 19.0 Å². The van der Waals surface area contributed by atoms with Crippen molar-refractivity contribution in [1.82, 2.24) is 14.9 Å². The van der Waals surface area contributed by atoms with Crippen molar-refractivity contribution in [2.24, 2.45) is 11.7 Å². The molecule has 0 unspecified atom stereocenters. The molecule has 1 aromatic heterocycles. The Balaban J connectivity index is 2.59. The zero-order chi connectivity index (χ0) is 13.0. The fourth-order valence-electron chi connectivity index (χ4n) is 1.44. The SMILES string of the molecule is Cc1nc([C@H](C)N)cn1CC(=O)NCC(C)C. The summed E-state index contributed by atoms with van der Waals surface area (Å²) in [5, 5.41) is 2.88. The van der Waals surface area contributed by atoms with Crippen LogP contribution in [0.15, 0.2) is 6.20 Å². The van der Waals surface area contributed by atoms with Crippen molar-refractivity contribution < 1.29 is 4.79 Å². The fourth-order valence-corrected chi connectivity index (χ4v) is 1.44. The van der Waals surface area contributed by atoms with Crippen LogP contribution in [0.5, 0.6) is 0 Å². The van der Waals surface area contributed by atoms with Crippen molar-refractivity contribution in [3.05, 3.63) is 17.7 Å². The minimum Gasteiger partial charge on any atom is -0.354 e. The Morgan fingerprint density at radius 3 is 2.65 bits per heavy atom. The Morgan fingerprint density at radius 1 is 1.53 bits per heavy atom. The number of hydrogen-bond donors (Lipinski definition) is 2. The van der Waals surface area contributed by atoms with Gasteiger partial charge < -0.3 is 15.6 Å². The number of imidazole rings is 1. The van der Waals surface area contributed by atoms with Crippen molar-refractivity contribution >= 4 is 5.91 Å². The largest absolute Gasteiger partial charge is 0.354 e. The van der Waals surface area contributed by atoms with E-state index in [9.17, 15) is 4.79 Å². The minimum atomic E-state index is -0.103. The number of nitrogens with zero attached hydrogens (tertiary/aromatic N) is 2. The van der Waals surface area contributed by atoms with Gasteiger partial charge in [0, 0.05) is 18.8 Å². The zero-order valence-electron chi connectivity index (χ0n) is 11.0. The molecule has 96 valence electrons. The first-order chi connectivity index (χ1) is 7.90. The van der Waals surface area contributed by atoms with Crippen LogP contribution in [0.3, 0.4) is 0 Å². The topological polar surface area (TPSA) is 72.9 Å². The van der Waals surface area contributed by atoms with Gasteiger partial charge in [0.15, 0.2) is 0 Å². The third-order valence-electron chi connectivity index (χ3n) is 2.48. The Bertz CT molecular complexity index is 382. The Labute approximate surface area is 102 Å². The molecule has 5 nitrogen and oxygen atoms in total. The van der Waals surface area contributed by atoms with Crippen LogP contribution in [0.2, 0.25) is 0 Å². The smallest absolute Gasteiger partial charge is 0.239 e. The van der Waals surface area contributed by atoms with Gasteiger partial charge in [-0.05, 0) is 19.8 Å². The quantitative estimate of drug-likeness (QED) is 0.803. The van der Waals surface area contributed by atoms with Gasteiger partial charge in [-0.3, -0.25) is 4.79 Å². The summed E-state index contributed by atoms with van der Waals surface area (Å²) in [5.41, 5.74) is 6.57. The van der Waals surface area contributed by atoms with Crippen LogP contribution in [0, 0.1) is 12.8 Å². The molecule has 3 N–H and O–H groups in total. The first-order valence-electron chi connectivity index (χ1n) is 5.96. The molecule has 1 rings (SSSR count). The summed E-state index contributed by atoms with van der Waals surface area (Å²) in [6.45, 7) is 8.89. The van der Waals surface area contributed by atoms with Crippen LogP contribution >= 0.6 is 0 Å². The zero-order valence-corrected chi connectivity index (χ0v) is 11.0. The second-order valence-electron chi connectivity index (χ2n) is 4.83. The molecule has 1 atom stereocenters. The molecule has 0 saturated carbocycles. The highest BCUT2D eigenvalue weighted by atomic mass is 16.1. The highest BCUT2D eigenvalue weighted by Crippen LogP contribution is 2.09. The first kappa shape index (κ1) is 13.7. The highest BCUT2D eigenvalue weighted by Gasteiger charge is 2.10. The first-order valence-corrected chi connectivity index (χ1v) is 5.96. The predicted molar refractivity (Wildman–Crippen MR) is 67.4 cm³/mol. The highest BCUT2D eigenvalue weighted by molar-refractivity contribution is 5.75. The second kappa shape index (κ2) is 5.82. The van der Waals surface area contributed by atoms with E-state index in [1.165, 1.54) is 0 Å². The van der Waals surface area contributed by atoms with Crippen LogP contribution in [-0.4, -0.2) is 22.0 Å². The number of aryl methyl sites for hydroxylation is 1. The van der Waals surface area contributed by atoms with E-state index in [1.54, 1.807) is 0 Å². The number of rotatable bonds is 5. The van der Waals surface area contributed by atoms with E-state index in [4.69, 9.17) is 5.73 Å². The number of aromatic nitrogens is 2. The van der Waals surface area contributed by atoms with E-state index in [1.807, 2.05) is 24.6 Å². The summed E-state index contributed by atoms with van der Waals surface area (Å²) in [7, 11) is 0. The lowest BCUT2D eigenvalue weighted by molar-refractivity contribution is -0.121. The lowest BCUT2D eigenvalue weighted by Crippen LogP contribution is -2.30. The van der Waals surface area contributed by atoms with E-state index < -0.39 is 0 Å². The average Bonchev–Trinajstić information content (AvgIpc) is 2.58. The molecule has 0 aliphatic heterocycles. The molecular formula is C12H22N4O. The number of nitrogens with one attached hydrogen (secondary N) is 1. The Hall–Kier alpha value is -1.36. The van der Waals surface area contributed by atoms with Gasteiger partial charge in [0.05, 0.1) is 5.69 Å². The molecule has 0 aliphatic carbocycles. The summed E-state index contributed by atoms with van der Waals surface area (Å²) in [6.07, 6.45) is 1.84. The molecule has 0 aliphatic rings. The van der Waals surface area contributed by atoms with Gasteiger partial charge in [0.25, 0.3) is 0 Å². The molecule has 1 aromatic rings. The van der Waals surface area contributed by atoms with Crippen LogP contribution < -0.4 is 11.1 Å². The molecule has 0 bridgehead atoms. The Kier molecular flexibility index (Phi) is 4.69. The summed E-state index contributed by atoms with van der Waals surface area (Å²) >= 11 is 0. The third kappa shape index (κ3) is 4.19. The predicted octanol–water partition coefficient (Wildman–Crippen LogP) is 0.983. The molecule has 0 fully saturated rings.